The Kier molecular flexibility index (Phi) is 4.92. The largest absolute Gasteiger partial charge is 0.456 e. The normalized spacial score (nSPS) is 10.9. The topological polar surface area (TPSA) is 69.9 Å². The van der Waals surface area contributed by atoms with Crippen molar-refractivity contribution in [3.63, 3.8) is 0 Å². The average molecular weight is 360 g/mol. The molecule has 8 heteroatoms. The number of hydrogen-bond donors (Lipinski definition) is 0. The number of halogens is 2. The van der Waals surface area contributed by atoms with Gasteiger partial charge in [-0.15, -0.1) is 0 Å². The molecule has 0 atom stereocenters. The Labute approximate surface area is 146 Å². The Bertz CT molecular complexity index is 1000. The molecule has 3 aromatic rings. The molecule has 0 radical (unpaired) electrons. The molecule has 0 N–H and O–H groups in total. The minimum absolute atomic E-state index is 0.0592. The molecule has 2 heterocycles. The van der Waals surface area contributed by atoms with Crippen LogP contribution >= 0.6 is 0 Å². The van der Waals surface area contributed by atoms with Crippen molar-refractivity contribution in [1.29, 1.82) is 0 Å². The van der Waals surface area contributed by atoms with E-state index in [1.807, 2.05) is 13.0 Å². The zero-order chi connectivity index (χ0) is 18.7. The molecule has 6 nitrogen and oxygen atoms in total. The lowest BCUT2D eigenvalue weighted by atomic mass is 10.2. The van der Waals surface area contributed by atoms with Crippen LogP contribution in [-0.4, -0.2) is 22.0 Å². The quantitative estimate of drug-likeness (QED) is 0.655. The molecule has 1 aromatic carbocycles. The van der Waals surface area contributed by atoms with E-state index in [2.05, 4.69) is 9.72 Å². The second-order valence-corrected chi connectivity index (χ2v) is 5.50. The molecule has 0 aliphatic carbocycles. The summed E-state index contributed by atoms with van der Waals surface area (Å²) in [5.41, 5.74) is 1.56. The van der Waals surface area contributed by atoms with Crippen molar-refractivity contribution in [2.24, 2.45) is 0 Å². The van der Waals surface area contributed by atoms with Gasteiger partial charge in [-0.05, 0) is 42.8 Å². The summed E-state index contributed by atoms with van der Waals surface area (Å²) in [7, 11) is 0. The number of nitrogens with zero attached hydrogens (tertiary/aromatic N) is 2. The molecule has 0 bridgehead atoms. The summed E-state index contributed by atoms with van der Waals surface area (Å²) in [6.07, 6.45) is 1.67. The Balaban J connectivity index is 1.70. The van der Waals surface area contributed by atoms with Crippen molar-refractivity contribution in [2.75, 3.05) is 0 Å². The van der Waals surface area contributed by atoms with E-state index >= 15 is 0 Å². The number of hydrogen-bond acceptors (Lipinski definition) is 5. The first-order chi connectivity index (χ1) is 12.4. The lowest BCUT2D eigenvalue weighted by molar-refractivity contribution is -0.0498. The van der Waals surface area contributed by atoms with E-state index in [0.29, 0.717) is 11.3 Å². The van der Waals surface area contributed by atoms with E-state index in [9.17, 15) is 18.4 Å². The van der Waals surface area contributed by atoms with Gasteiger partial charge in [0.15, 0.2) is 0 Å². The van der Waals surface area contributed by atoms with E-state index in [1.54, 1.807) is 12.3 Å². The number of ether oxygens (including phenoxy) is 2. The van der Waals surface area contributed by atoms with Crippen molar-refractivity contribution in [1.82, 2.24) is 9.38 Å². The van der Waals surface area contributed by atoms with Crippen molar-refractivity contribution >= 4 is 11.6 Å². The van der Waals surface area contributed by atoms with Gasteiger partial charge < -0.3 is 9.47 Å². The fourth-order valence-electron chi connectivity index (χ4n) is 2.33. The Morgan fingerprint density at radius 1 is 1.19 bits per heavy atom. The van der Waals surface area contributed by atoms with E-state index in [0.717, 1.165) is 5.56 Å². The molecule has 0 saturated carbocycles. The van der Waals surface area contributed by atoms with Gasteiger partial charge in [0.05, 0.1) is 11.3 Å². The van der Waals surface area contributed by atoms with Gasteiger partial charge in [-0.2, -0.15) is 8.78 Å². The van der Waals surface area contributed by atoms with Crippen molar-refractivity contribution in [2.45, 2.75) is 20.1 Å². The molecule has 0 amide bonds. The Morgan fingerprint density at radius 2 is 1.92 bits per heavy atom. The molecule has 0 spiro atoms. The third-order valence-corrected chi connectivity index (χ3v) is 3.53. The minimum Gasteiger partial charge on any atom is -0.456 e. The number of benzene rings is 1. The predicted octanol–water partition coefficient (Wildman–Crippen LogP) is 2.96. The second kappa shape index (κ2) is 7.30. The monoisotopic (exact) mass is 360 g/mol. The number of alkyl halides is 2. The number of carbonyl (C=O) groups is 1. The number of esters is 1. The van der Waals surface area contributed by atoms with Crippen LogP contribution in [0.25, 0.3) is 5.65 Å². The Morgan fingerprint density at radius 3 is 2.62 bits per heavy atom. The van der Waals surface area contributed by atoms with Crippen LogP contribution in [0.3, 0.4) is 0 Å². The number of aryl methyl sites for hydroxylation is 1. The molecule has 3 rings (SSSR count). The van der Waals surface area contributed by atoms with Gasteiger partial charge in [-0.1, -0.05) is 6.07 Å². The zero-order valence-electron chi connectivity index (χ0n) is 13.7. The van der Waals surface area contributed by atoms with Gasteiger partial charge in [0.1, 0.15) is 18.0 Å². The third-order valence-electron chi connectivity index (χ3n) is 3.53. The van der Waals surface area contributed by atoms with Crippen LogP contribution < -0.4 is 10.3 Å². The summed E-state index contributed by atoms with van der Waals surface area (Å²) >= 11 is 0. The summed E-state index contributed by atoms with van der Waals surface area (Å²) < 4.78 is 34.9. The maximum absolute atomic E-state index is 12.1. The summed E-state index contributed by atoms with van der Waals surface area (Å²) in [6, 6.07) is 9.91. The summed E-state index contributed by atoms with van der Waals surface area (Å²) in [5, 5.41) is 0. The van der Waals surface area contributed by atoms with Crippen molar-refractivity contribution in [3.8, 4) is 5.75 Å². The van der Waals surface area contributed by atoms with Gasteiger partial charge in [-0.25, -0.2) is 9.78 Å². The van der Waals surface area contributed by atoms with E-state index in [-0.39, 0.29) is 23.5 Å². The van der Waals surface area contributed by atoms with Gasteiger partial charge >= 0.3 is 12.6 Å². The lowest BCUT2D eigenvalue weighted by Crippen LogP contribution is -2.17. The number of rotatable bonds is 5. The number of fused-ring (bicyclic) bond motifs is 1. The maximum Gasteiger partial charge on any atom is 0.387 e. The first-order valence-corrected chi connectivity index (χ1v) is 7.63. The van der Waals surface area contributed by atoms with Crippen LogP contribution in [-0.2, 0) is 11.3 Å². The lowest BCUT2D eigenvalue weighted by Gasteiger charge is -2.07. The second-order valence-electron chi connectivity index (χ2n) is 5.50. The van der Waals surface area contributed by atoms with Crippen LogP contribution in [0.5, 0.6) is 5.75 Å². The number of carbonyl (C=O) groups excluding carboxylic acids is 1. The molecule has 0 fully saturated rings. The summed E-state index contributed by atoms with van der Waals surface area (Å²) in [4.78, 5) is 28.4. The van der Waals surface area contributed by atoms with Gasteiger partial charge in [0.2, 0.25) is 0 Å². The smallest absolute Gasteiger partial charge is 0.387 e. The van der Waals surface area contributed by atoms with Crippen LogP contribution in [0.15, 0.2) is 53.5 Å². The summed E-state index contributed by atoms with van der Waals surface area (Å²) in [5.74, 6) is -0.726. The maximum atomic E-state index is 12.1. The molecule has 134 valence electrons. The highest BCUT2D eigenvalue weighted by molar-refractivity contribution is 5.89. The van der Waals surface area contributed by atoms with Crippen molar-refractivity contribution < 1.29 is 23.0 Å². The molecule has 0 aliphatic rings. The van der Waals surface area contributed by atoms with Crippen LogP contribution in [0.1, 0.15) is 21.6 Å². The fourth-order valence-corrected chi connectivity index (χ4v) is 2.33. The standard InChI is InChI=1S/C18H14F2N2O4/c1-11-2-7-15-21-13(8-16(23)22(15)9-11)10-25-17(24)12-3-5-14(6-4-12)26-18(19)20/h2-9,18H,10H2,1H3. The highest BCUT2D eigenvalue weighted by Crippen LogP contribution is 2.15. The zero-order valence-corrected chi connectivity index (χ0v) is 13.7. The minimum atomic E-state index is -2.94. The Hall–Kier alpha value is -3.29. The number of aromatic nitrogens is 2. The first kappa shape index (κ1) is 17.5. The highest BCUT2D eigenvalue weighted by atomic mass is 19.3. The molecule has 0 unspecified atom stereocenters. The molecule has 0 saturated heterocycles. The molecule has 26 heavy (non-hydrogen) atoms. The highest BCUT2D eigenvalue weighted by Gasteiger charge is 2.11. The SMILES string of the molecule is Cc1ccc2nc(COC(=O)c3ccc(OC(F)F)cc3)cc(=O)n2c1. The van der Waals surface area contributed by atoms with E-state index in [4.69, 9.17) is 4.74 Å². The van der Waals surface area contributed by atoms with Crippen LogP contribution in [0.2, 0.25) is 0 Å². The third kappa shape index (κ3) is 4.02. The molecular formula is C18H14F2N2O4. The van der Waals surface area contributed by atoms with Crippen molar-refractivity contribution in [3.05, 3.63) is 75.8 Å². The predicted molar refractivity (Wildman–Crippen MR) is 88.4 cm³/mol. The van der Waals surface area contributed by atoms with E-state index in [1.165, 1.54) is 34.7 Å². The molecular weight excluding hydrogens is 346 g/mol. The molecule has 2 aromatic heterocycles. The van der Waals surface area contributed by atoms with Gasteiger partial charge in [0.25, 0.3) is 5.56 Å². The van der Waals surface area contributed by atoms with Crippen LogP contribution in [0, 0.1) is 6.92 Å². The number of pyridine rings is 1. The van der Waals surface area contributed by atoms with Gasteiger partial charge in [0, 0.05) is 12.3 Å². The summed E-state index contributed by atoms with van der Waals surface area (Å²) in [6.45, 7) is -1.26. The van der Waals surface area contributed by atoms with Gasteiger partial charge in [-0.3, -0.25) is 9.20 Å². The average Bonchev–Trinajstić information content (AvgIpc) is 2.60. The van der Waals surface area contributed by atoms with E-state index < -0.39 is 12.6 Å². The molecule has 0 aliphatic heterocycles. The first-order valence-electron chi connectivity index (χ1n) is 7.63. The fraction of sp³-hybridized carbons (Fsp3) is 0.167. The van der Waals surface area contributed by atoms with Crippen LogP contribution in [0.4, 0.5) is 8.78 Å².